The van der Waals surface area contributed by atoms with Crippen molar-refractivity contribution in [1.82, 2.24) is 4.90 Å². The Hall–Kier alpha value is -3.84. The number of nitrogens with zero attached hydrogens (tertiary/aromatic N) is 2. The number of piperazine rings is 1. The maximum Gasteiger partial charge on any atom is 0.256 e. The second-order valence-corrected chi connectivity index (χ2v) is 8.87. The lowest BCUT2D eigenvalue weighted by Crippen LogP contribution is -2.44. The smallest absolute Gasteiger partial charge is 0.256 e. The van der Waals surface area contributed by atoms with E-state index in [0.717, 1.165) is 43.1 Å². The molecular formula is C28H29FN4O2. The molecule has 0 unspecified atom stereocenters. The molecule has 6 nitrogen and oxygen atoms in total. The first kappa shape index (κ1) is 22.9. The molecule has 2 aliphatic heterocycles. The summed E-state index contributed by atoms with van der Waals surface area (Å²) in [6.07, 6.45) is 1.87. The summed E-state index contributed by atoms with van der Waals surface area (Å²) < 4.78 is 20.0. The van der Waals surface area contributed by atoms with Crippen LogP contribution in [0.2, 0.25) is 0 Å². The molecule has 180 valence electrons. The molecule has 0 aliphatic carbocycles. The molecule has 2 aliphatic rings. The van der Waals surface area contributed by atoms with Crippen molar-refractivity contribution in [2.45, 2.75) is 0 Å². The SMILES string of the molecule is COc1cccc(F)c1-c1ccc2c(c1)/C(=C/CNc1ccc(N3CCN(C)CC3)cc1)C(=O)N2. The van der Waals surface area contributed by atoms with Crippen molar-refractivity contribution < 1.29 is 13.9 Å². The predicted octanol–water partition coefficient (Wildman–Crippen LogP) is 4.70. The van der Waals surface area contributed by atoms with E-state index in [0.29, 0.717) is 29.0 Å². The van der Waals surface area contributed by atoms with E-state index in [2.05, 4.69) is 51.7 Å². The van der Waals surface area contributed by atoms with Gasteiger partial charge in [-0.1, -0.05) is 18.2 Å². The summed E-state index contributed by atoms with van der Waals surface area (Å²) in [5, 5.41) is 6.27. The van der Waals surface area contributed by atoms with Crippen LogP contribution < -0.4 is 20.3 Å². The summed E-state index contributed by atoms with van der Waals surface area (Å²) in [4.78, 5) is 17.4. The van der Waals surface area contributed by atoms with Gasteiger partial charge in [-0.2, -0.15) is 0 Å². The number of amides is 1. The number of hydrogen-bond donors (Lipinski definition) is 2. The lowest BCUT2D eigenvalue weighted by atomic mass is 9.98. The number of nitrogens with one attached hydrogen (secondary N) is 2. The zero-order valence-electron chi connectivity index (χ0n) is 20.0. The normalized spacial score (nSPS) is 16.8. The Bertz CT molecular complexity index is 1260. The number of benzene rings is 3. The highest BCUT2D eigenvalue weighted by Gasteiger charge is 2.25. The molecular weight excluding hydrogens is 443 g/mol. The lowest BCUT2D eigenvalue weighted by molar-refractivity contribution is -0.110. The van der Waals surface area contributed by atoms with Crippen molar-refractivity contribution in [3.05, 3.63) is 78.1 Å². The molecule has 3 aromatic rings. The van der Waals surface area contributed by atoms with Crippen LogP contribution in [0.3, 0.4) is 0 Å². The maximum atomic E-state index is 14.6. The average molecular weight is 473 g/mol. The fourth-order valence-electron chi connectivity index (χ4n) is 4.63. The number of carbonyl (C=O) groups excluding carboxylic acids is 1. The highest BCUT2D eigenvalue weighted by Crippen LogP contribution is 2.39. The first-order valence-corrected chi connectivity index (χ1v) is 11.8. The fraction of sp³-hybridized carbons (Fsp3) is 0.250. The highest BCUT2D eigenvalue weighted by atomic mass is 19.1. The molecule has 5 rings (SSSR count). The number of likely N-dealkylation sites (N-methyl/N-ethyl adjacent to an activating group) is 1. The van der Waals surface area contributed by atoms with Crippen molar-refractivity contribution in [2.75, 3.05) is 62.4 Å². The number of carbonyl (C=O) groups is 1. The van der Waals surface area contributed by atoms with Crippen molar-refractivity contribution in [1.29, 1.82) is 0 Å². The van der Waals surface area contributed by atoms with Crippen LogP contribution in [-0.4, -0.2) is 57.7 Å². The molecule has 0 spiro atoms. The average Bonchev–Trinajstić information content (AvgIpc) is 3.19. The highest BCUT2D eigenvalue weighted by molar-refractivity contribution is 6.31. The minimum absolute atomic E-state index is 0.162. The minimum atomic E-state index is -0.367. The molecule has 2 heterocycles. The third-order valence-corrected chi connectivity index (χ3v) is 6.63. The zero-order chi connectivity index (χ0) is 24.4. The predicted molar refractivity (Wildman–Crippen MR) is 140 cm³/mol. The van der Waals surface area contributed by atoms with Gasteiger partial charge >= 0.3 is 0 Å². The quantitative estimate of drug-likeness (QED) is 0.510. The Kier molecular flexibility index (Phi) is 6.42. The number of hydrogen-bond acceptors (Lipinski definition) is 5. The van der Waals surface area contributed by atoms with Crippen molar-refractivity contribution >= 4 is 28.5 Å². The summed E-state index contributed by atoms with van der Waals surface area (Å²) in [6, 6.07) is 18.6. The Morgan fingerprint density at radius 2 is 1.83 bits per heavy atom. The van der Waals surface area contributed by atoms with Crippen LogP contribution in [0.25, 0.3) is 16.7 Å². The van der Waals surface area contributed by atoms with E-state index in [9.17, 15) is 9.18 Å². The number of methoxy groups -OCH3 is 1. The van der Waals surface area contributed by atoms with E-state index in [1.54, 1.807) is 24.3 Å². The molecule has 0 radical (unpaired) electrons. The summed E-state index contributed by atoms with van der Waals surface area (Å²) in [5.41, 5.74) is 5.30. The van der Waals surface area contributed by atoms with Crippen LogP contribution in [-0.2, 0) is 4.79 Å². The van der Waals surface area contributed by atoms with Gasteiger partial charge in [0.25, 0.3) is 5.91 Å². The Morgan fingerprint density at radius 1 is 1.06 bits per heavy atom. The first-order chi connectivity index (χ1) is 17.0. The molecule has 2 N–H and O–H groups in total. The van der Waals surface area contributed by atoms with Crippen LogP contribution >= 0.6 is 0 Å². The van der Waals surface area contributed by atoms with E-state index < -0.39 is 0 Å². The Labute approximate surface area is 205 Å². The third-order valence-electron chi connectivity index (χ3n) is 6.63. The van der Waals surface area contributed by atoms with Crippen LogP contribution in [0.1, 0.15) is 5.56 Å². The van der Waals surface area contributed by atoms with E-state index in [4.69, 9.17) is 4.74 Å². The van der Waals surface area contributed by atoms with E-state index >= 15 is 0 Å². The summed E-state index contributed by atoms with van der Waals surface area (Å²) in [7, 11) is 3.67. The van der Waals surface area contributed by atoms with E-state index in [-0.39, 0.29) is 11.7 Å². The molecule has 0 aromatic heterocycles. The first-order valence-electron chi connectivity index (χ1n) is 11.8. The second-order valence-electron chi connectivity index (χ2n) is 8.87. The molecule has 7 heteroatoms. The van der Waals surface area contributed by atoms with Crippen LogP contribution in [0, 0.1) is 5.82 Å². The summed E-state index contributed by atoms with van der Waals surface area (Å²) in [6.45, 7) is 4.70. The Balaban J connectivity index is 1.31. The van der Waals surface area contributed by atoms with E-state index in [1.807, 2.05) is 12.1 Å². The van der Waals surface area contributed by atoms with Gasteiger partial charge in [0.1, 0.15) is 11.6 Å². The third kappa shape index (κ3) is 4.72. The van der Waals surface area contributed by atoms with Gasteiger partial charge in [-0.25, -0.2) is 4.39 Å². The topological polar surface area (TPSA) is 56.8 Å². The lowest BCUT2D eigenvalue weighted by Gasteiger charge is -2.34. The fourth-order valence-corrected chi connectivity index (χ4v) is 4.63. The van der Waals surface area contributed by atoms with Gasteiger partial charge in [-0.15, -0.1) is 0 Å². The number of ether oxygens (including phenoxy) is 1. The largest absolute Gasteiger partial charge is 0.496 e. The second kappa shape index (κ2) is 9.80. The van der Waals surface area contributed by atoms with Gasteiger partial charge in [0, 0.05) is 60.9 Å². The van der Waals surface area contributed by atoms with Gasteiger partial charge < -0.3 is 25.2 Å². The van der Waals surface area contributed by atoms with Gasteiger partial charge in [-0.3, -0.25) is 4.79 Å². The maximum absolute atomic E-state index is 14.6. The van der Waals surface area contributed by atoms with Gasteiger partial charge in [0.2, 0.25) is 0 Å². The summed E-state index contributed by atoms with van der Waals surface area (Å²) >= 11 is 0. The molecule has 3 aromatic carbocycles. The zero-order valence-corrected chi connectivity index (χ0v) is 20.0. The Morgan fingerprint density at radius 3 is 2.57 bits per heavy atom. The summed E-state index contributed by atoms with van der Waals surface area (Å²) in [5.74, 6) is -0.0758. The number of rotatable bonds is 6. The van der Waals surface area contributed by atoms with Gasteiger partial charge in [0.15, 0.2) is 0 Å². The van der Waals surface area contributed by atoms with E-state index in [1.165, 1.54) is 18.9 Å². The molecule has 0 atom stereocenters. The minimum Gasteiger partial charge on any atom is -0.496 e. The number of anilines is 3. The van der Waals surface area contributed by atoms with Crippen LogP contribution in [0.4, 0.5) is 21.5 Å². The molecule has 1 saturated heterocycles. The van der Waals surface area contributed by atoms with Gasteiger partial charge in [0.05, 0.1) is 12.7 Å². The van der Waals surface area contributed by atoms with Crippen LogP contribution in [0.5, 0.6) is 5.75 Å². The molecule has 1 fully saturated rings. The van der Waals surface area contributed by atoms with Crippen molar-refractivity contribution in [2.24, 2.45) is 0 Å². The molecule has 0 saturated carbocycles. The van der Waals surface area contributed by atoms with Crippen molar-refractivity contribution in [3.8, 4) is 16.9 Å². The van der Waals surface area contributed by atoms with Gasteiger partial charge in [-0.05, 0) is 61.1 Å². The van der Waals surface area contributed by atoms with Crippen LogP contribution in [0.15, 0.2) is 66.7 Å². The monoisotopic (exact) mass is 472 g/mol. The molecule has 1 amide bonds. The molecule has 0 bridgehead atoms. The number of fused-ring (bicyclic) bond motifs is 1. The number of halogens is 1. The van der Waals surface area contributed by atoms with Crippen molar-refractivity contribution in [3.63, 3.8) is 0 Å². The standard InChI is InChI=1S/C28H29FN4O2/c1-32-14-16-33(17-15-32)21-9-7-20(8-10-21)30-13-12-22-23-18-19(6-11-25(23)31-28(22)34)27-24(29)4-3-5-26(27)35-2/h3-12,18,30H,13-17H2,1-2H3,(H,31,34)/b22-12-. The molecule has 35 heavy (non-hydrogen) atoms.